The Hall–Kier alpha value is -1.70. The van der Waals surface area contributed by atoms with Crippen molar-refractivity contribution in [1.29, 1.82) is 5.41 Å². The van der Waals surface area contributed by atoms with Gasteiger partial charge in [-0.2, -0.15) is 0 Å². The van der Waals surface area contributed by atoms with E-state index in [0.29, 0.717) is 13.0 Å². The molecule has 13 N–H and O–H groups in total. The minimum Gasteiger partial charge on any atom is -0.462 e. The van der Waals surface area contributed by atoms with Crippen LogP contribution in [0.5, 0.6) is 0 Å². The summed E-state index contributed by atoms with van der Waals surface area (Å²) in [6.07, 6.45) is -12.9. The highest BCUT2D eigenvalue weighted by Gasteiger charge is 2.58. The van der Waals surface area contributed by atoms with E-state index in [1.54, 1.807) is 0 Å². The number of carbonyl (C=O) groups excluding carboxylic acids is 1. The number of hydrogen-bond donors (Lipinski definition) is 11. The first-order valence-corrected chi connectivity index (χ1v) is 10.6. The molecule has 16 nitrogen and oxygen atoms in total. The first kappa shape index (κ1) is 28.5. The van der Waals surface area contributed by atoms with Gasteiger partial charge in [0, 0.05) is 6.54 Å². The molecule has 34 heavy (non-hydrogen) atoms. The van der Waals surface area contributed by atoms with E-state index < -0.39 is 86.6 Å². The molecule has 198 valence electrons. The predicted octanol–water partition coefficient (Wildman–Crippen LogP) is -6.25. The molecular formula is C18H34N4O12. The summed E-state index contributed by atoms with van der Waals surface area (Å²) in [5.74, 6) is -3.39. The zero-order valence-corrected chi connectivity index (χ0v) is 18.3. The molecule has 2 heterocycles. The summed E-state index contributed by atoms with van der Waals surface area (Å²) in [6.45, 7) is -2.03. The molecule has 0 amide bonds. The molecule has 0 aromatic heterocycles. The Morgan fingerprint density at radius 1 is 1.09 bits per heavy atom. The van der Waals surface area contributed by atoms with Gasteiger partial charge in [-0.3, -0.25) is 10.2 Å². The van der Waals surface area contributed by atoms with Crippen LogP contribution >= 0.6 is 0 Å². The van der Waals surface area contributed by atoms with Crippen LogP contribution in [0.15, 0.2) is 0 Å². The molecule has 2 fully saturated rings. The maximum atomic E-state index is 12.1. The molecular weight excluding hydrogens is 464 g/mol. The number of nitrogens with one attached hydrogen (secondary N) is 2. The number of carbonyl (C=O) groups is 1. The van der Waals surface area contributed by atoms with Crippen molar-refractivity contribution in [3.05, 3.63) is 0 Å². The molecule has 0 bridgehead atoms. The second-order valence-electron chi connectivity index (χ2n) is 8.10. The smallest absolute Gasteiger partial charge is 0.323 e. The van der Waals surface area contributed by atoms with Crippen LogP contribution in [0.2, 0.25) is 0 Å². The summed E-state index contributed by atoms with van der Waals surface area (Å²) in [6, 6.07) is -1.03. The molecule has 2 aliphatic heterocycles. The summed E-state index contributed by atoms with van der Waals surface area (Å²) in [5.41, 5.74) is 10.9. The van der Waals surface area contributed by atoms with Crippen molar-refractivity contribution >= 4 is 11.9 Å². The van der Waals surface area contributed by atoms with Crippen LogP contribution in [-0.2, 0) is 23.7 Å². The fourth-order valence-corrected chi connectivity index (χ4v) is 3.55. The van der Waals surface area contributed by atoms with E-state index in [0.717, 1.165) is 0 Å². The van der Waals surface area contributed by atoms with Crippen LogP contribution in [-0.4, -0.2) is 135 Å². The maximum absolute atomic E-state index is 12.1. The van der Waals surface area contributed by atoms with Gasteiger partial charge in [-0.15, -0.1) is 0 Å². The van der Waals surface area contributed by atoms with Gasteiger partial charge in [-0.1, -0.05) is 0 Å². The van der Waals surface area contributed by atoms with E-state index in [4.69, 9.17) is 35.8 Å². The molecule has 0 aliphatic carbocycles. The highest BCUT2D eigenvalue weighted by molar-refractivity contribution is 5.75. The van der Waals surface area contributed by atoms with Crippen molar-refractivity contribution in [3.8, 4) is 0 Å². The third kappa shape index (κ3) is 6.49. The van der Waals surface area contributed by atoms with E-state index in [9.17, 15) is 40.5 Å². The first-order valence-electron chi connectivity index (χ1n) is 10.6. The number of guanidine groups is 1. The highest BCUT2D eigenvalue weighted by Crippen LogP contribution is 2.36. The molecule has 0 spiro atoms. The number of esters is 1. The van der Waals surface area contributed by atoms with Crippen LogP contribution in [0.1, 0.15) is 12.8 Å². The molecule has 10 atom stereocenters. The second kappa shape index (κ2) is 12.3. The van der Waals surface area contributed by atoms with Crippen molar-refractivity contribution in [1.82, 2.24) is 5.32 Å². The lowest BCUT2D eigenvalue weighted by Gasteiger charge is -2.43. The van der Waals surface area contributed by atoms with Gasteiger partial charge in [-0.05, 0) is 12.8 Å². The number of aliphatic hydroxyl groups excluding tert-OH is 7. The third-order valence-electron chi connectivity index (χ3n) is 5.59. The van der Waals surface area contributed by atoms with E-state index in [-0.39, 0.29) is 12.4 Å². The van der Waals surface area contributed by atoms with E-state index in [2.05, 4.69) is 5.32 Å². The zero-order valence-electron chi connectivity index (χ0n) is 18.3. The Morgan fingerprint density at radius 2 is 1.76 bits per heavy atom. The van der Waals surface area contributed by atoms with E-state index >= 15 is 0 Å². The van der Waals surface area contributed by atoms with Crippen LogP contribution in [0.3, 0.4) is 0 Å². The normalized spacial score (nSPS) is 38.9. The number of hydrogen-bond acceptors (Lipinski definition) is 14. The van der Waals surface area contributed by atoms with Gasteiger partial charge in [-0.25, -0.2) is 0 Å². The largest absolute Gasteiger partial charge is 0.462 e. The topological polar surface area (TPSA) is 284 Å². The Balaban J connectivity index is 1.98. The lowest BCUT2D eigenvalue weighted by molar-refractivity contribution is -0.383. The van der Waals surface area contributed by atoms with Gasteiger partial charge in [0.1, 0.15) is 62.0 Å². The third-order valence-corrected chi connectivity index (χ3v) is 5.59. The summed E-state index contributed by atoms with van der Waals surface area (Å²) in [7, 11) is 0. The lowest BCUT2D eigenvalue weighted by atomic mass is 9.99. The molecule has 16 heteroatoms. The monoisotopic (exact) mass is 498 g/mol. The minimum atomic E-state index is -2.32. The standard InChI is InChI=1S/C18H34N4O12/c19-7(2-1-3-22-17(20)21)15(30)31-5-9-10(25)12(27)13(28)16(32-9)34-18(6-24)14(29)11(26)8(4-23)33-18/h7-14,16,23-29H,1-6,19H2,(H4,20,21,22)/t7-,8+,9+,10+,11+,12-,13+,14-,16+,18-/m0/s1. The van der Waals surface area contributed by atoms with Gasteiger partial charge >= 0.3 is 5.97 Å². The molecule has 0 radical (unpaired) electrons. The van der Waals surface area contributed by atoms with Gasteiger partial charge < -0.3 is 71.5 Å². The molecule has 0 aromatic rings. The van der Waals surface area contributed by atoms with Crippen molar-refractivity contribution in [2.45, 2.75) is 73.7 Å². The fraction of sp³-hybridized carbons (Fsp3) is 0.889. The summed E-state index contributed by atoms with van der Waals surface area (Å²) < 4.78 is 21.0. The van der Waals surface area contributed by atoms with Crippen molar-refractivity contribution in [3.63, 3.8) is 0 Å². The molecule has 2 saturated heterocycles. The van der Waals surface area contributed by atoms with E-state index in [1.807, 2.05) is 0 Å². The van der Waals surface area contributed by atoms with Crippen molar-refractivity contribution < 1.29 is 59.5 Å². The number of nitrogens with two attached hydrogens (primary N) is 2. The number of aliphatic hydroxyl groups is 7. The van der Waals surface area contributed by atoms with Gasteiger partial charge in [0.2, 0.25) is 5.79 Å². The highest BCUT2D eigenvalue weighted by atomic mass is 16.8. The molecule has 0 aromatic carbocycles. The van der Waals surface area contributed by atoms with Gasteiger partial charge in [0.15, 0.2) is 12.2 Å². The average Bonchev–Trinajstić information content (AvgIpc) is 3.05. The molecule has 0 unspecified atom stereocenters. The Kier molecular flexibility index (Phi) is 10.3. The van der Waals surface area contributed by atoms with Crippen LogP contribution < -0.4 is 16.8 Å². The number of ether oxygens (including phenoxy) is 4. The average molecular weight is 498 g/mol. The predicted molar refractivity (Wildman–Crippen MR) is 110 cm³/mol. The van der Waals surface area contributed by atoms with Crippen LogP contribution in [0, 0.1) is 5.41 Å². The Morgan fingerprint density at radius 3 is 2.32 bits per heavy atom. The summed E-state index contributed by atoms with van der Waals surface area (Å²) in [4.78, 5) is 12.1. The van der Waals surface area contributed by atoms with Crippen LogP contribution in [0.25, 0.3) is 0 Å². The molecule has 2 aliphatic rings. The Bertz CT molecular complexity index is 689. The fourth-order valence-electron chi connectivity index (χ4n) is 3.55. The van der Waals surface area contributed by atoms with Crippen molar-refractivity contribution in [2.24, 2.45) is 11.5 Å². The van der Waals surface area contributed by atoms with Gasteiger partial charge in [0.05, 0.1) is 6.61 Å². The molecule has 2 rings (SSSR count). The first-order chi connectivity index (χ1) is 16.0. The van der Waals surface area contributed by atoms with Crippen LogP contribution in [0.4, 0.5) is 0 Å². The molecule has 0 saturated carbocycles. The number of rotatable bonds is 11. The van der Waals surface area contributed by atoms with Crippen molar-refractivity contribution in [2.75, 3.05) is 26.4 Å². The maximum Gasteiger partial charge on any atom is 0.323 e. The minimum absolute atomic E-state index is 0.197. The zero-order chi connectivity index (χ0) is 25.6. The second-order valence-corrected chi connectivity index (χ2v) is 8.10. The summed E-state index contributed by atoms with van der Waals surface area (Å²) >= 11 is 0. The Labute approximate surface area is 194 Å². The SMILES string of the molecule is N=C(N)NCCC[C@H](N)C(=O)OC[C@H]1O[C@H](O[C@]2(CO)O[C@H](CO)[C@@H](O)[C@@H]2O)[C@H](O)[C@@H](O)[C@@H]1O. The van der Waals surface area contributed by atoms with E-state index in [1.165, 1.54) is 0 Å². The van der Waals surface area contributed by atoms with Gasteiger partial charge in [0.25, 0.3) is 0 Å². The summed E-state index contributed by atoms with van der Waals surface area (Å²) in [5, 5.41) is 79.4. The lowest BCUT2D eigenvalue weighted by Crippen LogP contribution is -2.63. The quantitative estimate of drug-likeness (QED) is 0.0546.